The first-order chi connectivity index (χ1) is 9.20. The maximum Gasteiger partial charge on any atom is 0.341 e. The van der Waals surface area contributed by atoms with Gasteiger partial charge in [-0.1, -0.05) is 12.1 Å². The van der Waals surface area contributed by atoms with E-state index < -0.39 is 5.97 Å². The predicted molar refractivity (Wildman–Crippen MR) is 68.5 cm³/mol. The highest BCUT2D eigenvalue weighted by molar-refractivity contribution is 5.90. The standard InChI is InChI=1S/C14H13NO4/c1-18-11-4-2-10(3-5-11)9-19-13-6-7-15-8-12(13)14(16)17/h2-8H,9H2,1H3,(H,16,17). The molecular weight excluding hydrogens is 246 g/mol. The Hall–Kier alpha value is -2.56. The molecule has 1 heterocycles. The van der Waals surface area contributed by atoms with Crippen LogP contribution < -0.4 is 9.47 Å². The Labute approximate surface area is 110 Å². The van der Waals surface area contributed by atoms with Gasteiger partial charge in [-0.2, -0.15) is 0 Å². The zero-order valence-electron chi connectivity index (χ0n) is 10.4. The summed E-state index contributed by atoms with van der Waals surface area (Å²) in [6.07, 6.45) is 2.77. The lowest BCUT2D eigenvalue weighted by Crippen LogP contribution is -2.03. The van der Waals surface area contributed by atoms with E-state index in [2.05, 4.69) is 4.98 Å². The number of methoxy groups -OCH3 is 1. The van der Waals surface area contributed by atoms with Crippen molar-refractivity contribution < 1.29 is 19.4 Å². The molecule has 19 heavy (non-hydrogen) atoms. The minimum Gasteiger partial charge on any atom is -0.497 e. The third kappa shape index (κ3) is 3.22. The van der Waals surface area contributed by atoms with Gasteiger partial charge >= 0.3 is 5.97 Å². The van der Waals surface area contributed by atoms with Crippen LogP contribution in [-0.2, 0) is 6.61 Å². The maximum atomic E-state index is 11.0. The highest BCUT2D eigenvalue weighted by atomic mass is 16.5. The number of hydrogen-bond donors (Lipinski definition) is 1. The SMILES string of the molecule is COc1ccc(COc2ccncc2C(=O)O)cc1. The Balaban J connectivity index is 2.07. The summed E-state index contributed by atoms with van der Waals surface area (Å²) in [7, 11) is 1.60. The van der Waals surface area contributed by atoms with E-state index in [1.54, 1.807) is 7.11 Å². The molecule has 0 saturated carbocycles. The highest BCUT2D eigenvalue weighted by Gasteiger charge is 2.10. The fourth-order valence-electron chi connectivity index (χ4n) is 1.55. The summed E-state index contributed by atoms with van der Waals surface area (Å²) in [6.45, 7) is 0.286. The lowest BCUT2D eigenvalue weighted by atomic mass is 10.2. The van der Waals surface area contributed by atoms with Crippen molar-refractivity contribution in [1.29, 1.82) is 0 Å². The Morgan fingerprint density at radius 3 is 2.63 bits per heavy atom. The molecule has 1 aromatic heterocycles. The van der Waals surface area contributed by atoms with Crippen LogP contribution in [0.15, 0.2) is 42.7 Å². The molecule has 1 aromatic carbocycles. The lowest BCUT2D eigenvalue weighted by Gasteiger charge is -2.09. The third-order valence-electron chi connectivity index (χ3n) is 2.56. The van der Waals surface area contributed by atoms with E-state index in [1.807, 2.05) is 24.3 Å². The van der Waals surface area contributed by atoms with Crippen LogP contribution in [0.1, 0.15) is 15.9 Å². The summed E-state index contributed by atoms with van der Waals surface area (Å²) < 4.78 is 10.6. The van der Waals surface area contributed by atoms with E-state index in [0.717, 1.165) is 11.3 Å². The van der Waals surface area contributed by atoms with Gasteiger partial charge in [0.25, 0.3) is 0 Å². The van der Waals surface area contributed by atoms with Crippen LogP contribution in [-0.4, -0.2) is 23.2 Å². The Bertz CT molecular complexity index is 566. The minimum atomic E-state index is -1.06. The molecule has 0 saturated heterocycles. The van der Waals surface area contributed by atoms with Crippen LogP contribution in [0.25, 0.3) is 0 Å². The molecule has 0 aliphatic rings. The van der Waals surface area contributed by atoms with Crippen LogP contribution in [0.4, 0.5) is 0 Å². The molecule has 2 aromatic rings. The van der Waals surface area contributed by atoms with Crippen LogP contribution in [0, 0.1) is 0 Å². The number of carbonyl (C=O) groups is 1. The quantitative estimate of drug-likeness (QED) is 0.892. The number of ether oxygens (including phenoxy) is 2. The molecule has 0 bridgehead atoms. The van der Waals surface area contributed by atoms with Gasteiger partial charge in [-0.15, -0.1) is 0 Å². The number of pyridine rings is 1. The van der Waals surface area contributed by atoms with E-state index in [4.69, 9.17) is 14.6 Å². The van der Waals surface area contributed by atoms with Gasteiger partial charge < -0.3 is 14.6 Å². The summed E-state index contributed by atoms with van der Waals surface area (Å²) in [5.41, 5.74) is 0.977. The zero-order valence-corrected chi connectivity index (χ0v) is 10.4. The molecular formula is C14H13NO4. The fraction of sp³-hybridized carbons (Fsp3) is 0.143. The van der Waals surface area contributed by atoms with E-state index in [0.29, 0.717) is 5.75 Å². The van der Waals surface area contributed by atoms with Crippen molar-refractivity contribution in [3.8, 4) is 11.5 Å². The molecule has 1 N–H and O–H groups in total. The van der Waals surface area contributed by atoms with Crippen molar-refractivity contribution in [3.05, 3.63) is 53.9 Å². The van der Waals surface area contributed by atoms with Crippen LogP contribution in [0.3, 0.4) is 0 Å². The summed E-state index contributed by atoms with van der Waals surface area (Å²) >= 11 is 0. The van der Waals surface area contributed by atoms with Crippen molar-refractivity contribution in [2.75, 3.05) is 7.11 Å². The average molecular weight is 259 g/mol. The summed E-state index contributed by atoms with van der Waals surface area (Å²) in [6, 6.07) is 8.90. The highest BCUT2D eigenvalue weighted by Crippen LogP contribution is 2.19. The molecule has 0 fully saturated rings. The molecule has 0 spiro atoms. The second-order valence-corrected chi connectivity index (χ2v) is 3.81. The molecule has 0 atom stereocenters. The predicted octanol–water partition coefficient (Wildman–Crippen LogP) is 2.37. The number of hydrogen-bond acceptors (Lipinski definition) is 4. The molecule has 5 nitrogen and oxygen atoms in total. The number of aromatic carboxylic acids is 1. The molecule has 0 unspecified atom stereocenters. The number of rotatable bonds is 5. The number of benzene rings is 1. The van der Waals surface area contributed by atoms with Gasteiger partial charge in [0.2, 0.25) is 0 Å². The van der Waals surface area contributed by atoms with Crippen LogP contribution in [0.5, 0.6) is 11.5 Å². The van der Waals surface area contributed by atoms with Crippen molar-refractivity contribution in [2.24, 2.45) is 0 Å². The number of carboxylic acid groups (broad SMARTS) is 1. The molecule has 2 rings (SSSR count). The monoisotopic (exact) mass is 259 g/mol. The summed E-state index contributed by atoms with van der Waals surface area (Å²) in [5.74, 6) is 0.00929. The smallest absolute Gasteiger partial charge is 0.341 e. The molecule has 0 aliphatic heterocycles. The molecule has 0 aliphatic carbocycles. The van der Waals surface area contributed by atoms with Gasteiger partial charge in [0.15, 0.2) is 0 Å². The van der Waals surface area contributed by atoms with Gasteiger partial charge in [-0.05, 0) is 23.8 Å². The number of aromatic nitrogens is 1. The Morgan fingerprint density at radius 2 is 2.00 bits per heavy atom. The van der Waals surface area contributed by atoms with Crippen LogP contribution in [0.2, 0.25) is 0 Å². The Morgan fingerprint density at radius 1 is 1.26 bits per heavy atom. The summed E-state index contributed by atoms with van der Waals surface area (Å²) in [5, 5.41) is 8.99. The third-order valence-corrected chi connectivity index (χ3v) is 2.56. The van der Waals surface area contributed by atoms with Crippen molar-refractivity contribution in [3.63, 3.8) is 0 Å². The van der Waals surface area contributed by atoms with Gasteiger partial charge in [0.1, 0.15) is 23.7 Å². The second-order valence-electron chi connectivity index (χ2n) is 3.81. The fourth-order valence-corrected chi connectivity index (χ4v) is 1.55. The zero-order chi connectivity index (χ0) is 13.7. The van der Waals surface area contributed by atoms with Gasteiger partial charge in [0, 0.05) is 12.4 Å². The van der Waals surface area contributed by atoms with E-state index >= 15 is 0 Å². The number of nitrogens with zero attached hydrogens (tertiary/aromatic N) is 1. The Kier molecular flexibility index (Phi) is 3.97. The molecule has 98 valence electrons. The van der Waals surface area contributed by atoms with Crippen molar-refractivity contribution >= 4 is 5.97 Å². The lowest BCUT2D eigenvalue weighted by molar-refractivity contribution is 0.0691. The largest absolute Gasteiger partial charge is 0.497 e. The molecule has 5 heteroatoms. The topological polar surface area (TPSA) is 68.7 Å². The van der Waals surface area contributed by atoms with E-state index in [9.17, 15) is 4.79 Å². The first-order valence-corrected chi connectivity index (χ1v) is 5.63. The molecule has 0 amide bonds. The molecule has 0 radical (unpaired) electrons. The second kappa shape index (κ2) is 5.86. The van der Waals surface area contributed by atoms with Gasteiger partial charge in [-0.25, -0.2) is 4.79 Å². The number of carboxylic acids is 1. The summed E-state index contributed by atoms with van der Waals surface area (Å²) in [4.78, 5) is 14.7. The first-order valence-electron chi connectivity index (χ1n) is 5.63. The average Bonchev–Trinajstić information content (AvgIpc) is 2.46. The van der Waals surface area contributed by atoms with Crippen molar-refractivity contribution in [2.45, 2.75) is 6.61 Å². The van der Waals surface area contributed by atoms with Crippen molar-refractivity contribution in [1.82, 2.24) is 4.98 Å². The van der Waals surface area contributed by atoms with E-state index in [1.165, 1.54) is 18.5 Å². The normalized spacial score (nSPS) is 9.95. The maximum absolute atomic E-state index is 11.0. The first kappa shape index (κ1) is 12.9. The van der Waals surface area contributed by atoms with E-state index in [-0.39, 0.29) is 12.2 Å². The van der Waals surface area contributed by atoms with Gasteiger partial charge in [-0.3, -0.25) is 4.98 Å². The minimum absolute atomic E-state index is 0.0519. The van der Waals surface area contributed by atoms with Crippen LogP contribution >= 0.6 is 0 Å². The van der Waals surface area contributed by atoms with Gasteiger partial charge in [0.05, 0.1) is 7.11 Å².